The predicted octanol–water partition coefficient (Wildman–Crippen LogP) is 4.57. The van der Waals surface area contributed by atoms with E-state index in [0.29, 0.717) is 27.1 Å². The van der Waals surface area contributed by atoms with Crippen LogP contribution in [0.4, 0.5) is 0 Å². The standard InChI is InChI=1S/C16H14Cl2O3/c1-10-3-6-15(16(7-10)20-2)21-9-14(19)11-4-5-12(17)13(18)8-11/h3-8H,9H2,1-2H3. The molecule has 110 valence electrons. The van der Waals surface area contributed by atoms with Crippen LogP contribution in [0.5, 0.6) is 11.5 Å². The van der Waals surface area contributed by atoms with E-state index < -0.39 is 0 Å². The lowest BCUT2D eigenvalue weighted by atomic mass is 10.1. The molecule has 0 amide bonds. The molecule has 0 N–H and O–H groups in total. The van der Waals surface area contributed by atoms with Crippen LogP contribution < -0.4 is 9.47 Å². The zero-order chi connectivity index (χ0) is 15.4. The number of benzene rings is 2. The second kappa shape index (κ2) is 6.83. The lowest BCUT2D eigenvalue weighted by molar-refractivity contribution is 0.0919. The van der Waals surface area contributed by atoms with Gasteiger partial charge in [0.25, 0.3) is 0 Å². The summed E-state index contributed by atoms with van der Waals surface area (Å²) >= 11 is 11.7. The van der Waals surface area contributed by atoms with E-state index in [9.17, 15) is 4.79 Å². The first-order valence-electron chi connectivity index (χ1n) is 6.27. The Morgan fingerprint density at radius 3 is 2.48 bits per heavy atom. The van der Waals surface area contributed by atoms with Gasteiger partial charge in [0.2, 0.25) is 0 Å². The van der Waals surface area contributed by atoms with Gasteiger partial charge in [-0.2, -0.15) is 0 Å². The first kappa shape index (κ1) is 15.7. The highest BCUT2D eigenvalue weighted by molar-refractivity contribution is 6.42. The summed E-state index contributed by atoms with van der Waals surface area (Å²) in [5, 5.41) is 0.754. The molecule has 0 aliphatic heterocycles. The Morgan fingerprint density at radius 1 is 1.05 bits per heavy atom. The minimum Gasteiger partial charge on any atom is -0.493 e. The Balaban J connectivity index is 2.09. The molecule has 0 unspecified atom stereocenters. The molecule has 0 bridgehead atoms. The summed E-state index contributed by atoms with van der Waals surface area (Å²) in [7, 11) is 1.56. The van der Waals surface area contributed by atoms with Crippen molar-refractivity contribution in [1.29, 1.82) is 0 Å². The van der Waals surface area contributed by atoms with E-state index in [-0.39, 0.29) is 12.4 Å². The summed E-state index contributed by atoms with van der Waals surface area (Å²) in [4.78, 5) is 12.1. The number of halogens is 2. The quantitative estimate of drug-likeness (QED) is 0.755. The van der Waals surface area contributed by atoms with Crippen molar-refractivity contribution in [2.45, 2.75) is 6.92 Å². The number of aryl methyl sites for hydroxylation is 1. The highest BCUT2D eigenvalue weighted by Gasteiger charge is 2.11. The molecular weight excluding hydrogens is 311 g/mol. The molecule has 3 nitrogen and oxygen atoms in total. The second-order valence-corrected chi connectivity index (χ2v) is 5.31. The Morgan fingerprint density at radius 2 is 1.81 bits per heavy atom. The van der Waals surface area contributed by atoms with E-state index in [2.05, 4.69) is 0 Å². The lowest BCUT2D eigenvalue weighted by Crippen LogP contribution is -2.12. The van der Waals surface area contributed by atoms with Crippen LogP contribution in [0.25, 0.3) is 0 Å². The van der Waals surface area contributed by atoms with E-state index in [1.165, 1.54) is 6.07 Å². The van der Waals surface area contributed by atoms with Crippen LogP contribution in [0.3, 0.4) is 0 Å². The van der Waals surface area contributed by atoms with Crippen molar-refractivity contribution in [2.75, 3.05) is 13.7 Å². The third-order valence-corrected chi connectivity index (χ3v) is 3.66. The van der Waals surface area contributed by atoms with Crippen LogP contribution in [-0.2, 0) is 0 Å². The minimum absolute atomic E-state index is 0.0998. The average Bonchev–Trinajstić information content (AvgIpc) is 2.48. The van der Waals surface area contributed by atoms with Gasteiger partial charge >= 0.3 is 0 Å². The molecule has 0 fully saturated rings. The third kappa shape index (κ3) is 3.90. The van der Waals surface area contributed by atoms with Crippen molar-refractivity contribution in [1.82, 2.24) is 0 Å². The summed E-state index contributed by atoms with van der Waals surface area (Å²) in [6, 6.07) is 10.2. The first-order valence-corrected chi connectivity index (χ1v) is 7.02. The Hall–Kier alpha value is -1.71. The van der Waals surface area contributed by atoms with E-state index in [4.69, 9.17) is 32.7 Å². The molecular formula is C16H14Cl2O3. The van der Waals surface area contributed by atoms with Crippen LogP contribution in [0.2, 0.25) is 10.0 Å². The maximum atomic E-state index is 12.1. The van der Waals surface area contributed by atoms with Crippen molar-refractivity contribution >= 4 is 29.0 Å². The maximum absolute atomic E-state index is 12.1. The Bertz CT molecular complexity index is 669. The van der Waals surface area contributed by atoms with Crippen LogP contribution >= 0.6 is 23.2 Å². The predicted molar refractivity (Wildman–Crippen MR) is 84.0 cm³/mol. The van der Waals surface area contributed by atoms with Gasteiger partial charge in [0.05, 0.1) is 17.2 Å². The van der Waals surface area contributed by atoms with E-state index in [0.717, 1.165) is 5.56 Å². The normalized spacial score (nSPS) is 10.3. The molecule has 2 aromatic rings. The molecule has 5 heteroatoms. The fourth-order valence-corrected chi connectivity index (χ4v) is 2.09. The Labute approximate surface area is 133 Å². The fourth-order valence-electron chi connectivity index (χ4n) is 1.79. The van der Waals surface area contributed by atoms with Gasteiger partial charge in [-0.15, -0.1) is 0 Å². The van der Waals surface area contributed by atoms with Crippen LogP contribution in [0, 0.1) is 6.92 Å². The number of hydrogen-bond acceptors (Lipinski definition) is 3. The van der Waals surface area contributed by atoms with Crippen LogP contribution in [-0.4, -0.2) is 19.5 Å². The van der Waals surface area contributed by atoms with Gasteiger partial charge in [0.15, 0.2) is 23.9 Å². The summed E-state index contributed by atoms with van der Waals surface area (Å²) < 4.78 is 10.7. The summed E-state index contributed by atoms with van der Waals surface area (Å²) in [6.07, 6.45) is 0. The van der Waals surface area contributed by atoms with E-state index in [1.54, 1.807) is 25.3 Å². The zero-order valence-corrected chi connectivity index (χ0v) is 13.2. The molecule has 2 rings (SSSR count). The molecule has 0 aliphatic rings. The van der Waals surface area contributed by atoms with E-state index >= 15 is 0 Å². The molecule has 0 saturated heterocycles. The molecule has 0 atom stereocenters. The highest BCUT2D eigenvalue weighted by Crippen LogP contribution is 2.28. The smallest absolute Gasteiger partial charge is 0.200 e. The minimum atomic E-state index is -0.184. The number of hydrogen-bond donors (Lipinski definition) is 0. The van der Waals surface area contributed by atoms with Gasteiger partial charge < -0.3 is 9.47 Å². The summed E-state index contributed by atoms with van der Waals surface area (Å²) in [5.74, 6) is 0.935. The number of carbonyl (C=O) groups excluding carboxylic acids is 1. The van der Waals surface area contributed by atoms with E-state index in [1.807, 2.05) is 19.1 Å². The molecule has 0 saturated carbocycles. The molecule has 2 aromatic carbocycles. The Kier molecular flexibility index (Phi) is 5.10. The van der Waals surface area contributed by atoms with Gasteiger partial charge in [-0.25, -0.2) is 0 Å². The van der Waals surface area contributed by atoms with Crippen molar-refractivity contribution < 1.29 is 14.3 Å². The monoisotopic (exact) mass is 324 g/mol. The zero-order valence-electron chi connectivity index (χ0n) is 11.7. The van der Waals surface area contributed by atoms with Gasteiger partial charge in [-0.1, -0.05) is 29.3 Å². The lowest BCUT2D eigenvalue weighted by Gasteiger charge is -2.11. The highest BCUT2D eigenvalue weighted by atomic mass is 35.5. The largest absolute Gasteiger partial charge is 0.493 e. The number of rotatable bonds is 5. The first-order chi connectivity index (χ1) is 10.0. The number of ether oxygens (including phenoxy) is 2. The summed E-state index contributed by atoms with van der Waals surface area (Å²) in [5.41, 5.74) is 1.51. The maximum Gasteiger partial charge on any atom is 0.200 e. The molecule has 0 radical (unpaired) electrons. The van der Waals surface area contributed by atoms with Gasteiger partial charge in [0.1, 0.15) is 0 Å². The van der Waals surface area contributed by atoms with Crippen molar-refractivity contribution in [3.8, 4) is 11.5 Å². The molecule has 0 spiro atoms. The molecule has 0 heterocycles. The molecule has 0 aliphatic carbocycles. The average molecular weight is 325 g/mol. The number of Topliss-reactive ketones (excluding diaryl/α,β-unsaturated/α-hetero) is 1. The van der Waals surface area contributed by atoms with Crippen LogP contribution in [0.15, 0.2) is 36.4 Å². The van der Waals surface area contributed by atoms with Gasteiger partial charge in [-0.05, 0) is 42.8 Å². The molecule has 21 heavy (non-hydrogen) atoms. The van der Waals surface area contributed by atoms with Crippen molar-refractivity contribution in [3.05, 3.63) is 57.6 Å². The number of ketones is 1. The summed E-state index contributed by atoms with van der Waals surface area (Å²) in [6.45, 7) is 1.85. The fraction of sp³-hybridized carbons (Fsp3) is 0.188. The van der Waals surface area contributed by atoms with Crippen molar-refractivity contribution in [3.63, 3.8) is 0 Å². The molecule has 0 aromatic heterocycles. The number of methoxy groups -OCH3 is 1. The van der Waals surface area contributed by atoms with Gasteiger partial charge in [-0.3, -0.25) is 4.79 Å². The van der Waals surface area contributed by atoms with Crippen molar-refractivity contribution in [2.24, 2.45) is 0 Å². The third-order valence-electron chi connectivity index (χ3n) is 2.92. The second-order valence-electron chi connectivity index (χ2n) is 4.50. The topological polar surface area (TPSA) is 35.5 Å². The van der Waals surface area contributed by atoms with Crippen LogP contribution in [0.1, 0.15) is 15.9 Å². The number of carbonyl (C=O) groups is 1. The van der Waals surface area contributed by atoms with Gasteiger partial charge in [0, 0.05) is 5.56 Å². The SMILES string of the molecule is COc1cc(C)ccc1OCC(=O)c1ccc(Cl)c(Cl)c1.